The Morgan fingerprint density at radius 2 is 1.21 bits per heavy atom. The van der Waals surface area contributed by atoms with E-state index in [-0.39, 0.29) is 37.4 Å². The van der Waals surface area contributed by atoms with Crippen LogP contribution >= 0.6 is 0 Å². The van der Waals surface area contributed by atoms with Gasteiger partial charge in [-0.3, -0.25) is 4.79 Å². The fourth-order valence-electron chi connectivity index (χ4n) is 11.3. The number of esters is 1. The molecule has 1 saturated heterocycles. The van der Waals surface area contributed by atoms with Gasteiger partial charge in [0.2, 0.25) is 0 Å². The van der Waals surface area contributed by atoms with Crippen molar-refractivity contribution in [1.29, 1.82) is 0 Å². The fourth-order valence-corrected chi connectivity index (χ4v) is 11.3. The summed E-state index contributed by atoms with van der Waals surface area (Å²) in [6.07, 6.45) is 33.4. The van der Waals surface area contributed by atoms with Crippen molar-refractivity contribution in [3.05, 3.63) is 115 Å². The Hall–Kier alpha value is -5.22. The van der Waals surface area contributed by atoms with E-state index in [2.05, 4.69) is 46.0 Å². The zero-order valence-electron chi connectivity index (χ0n) is 45.8. The summed E-state index contributed by atoms with van der Waals surface area (Å²) < 4.78 is 18.7. The lowest BCUT2D eigenvalue weighted by Crippen LogP contribution is -2.16. The maximum absolute atomic E-state index is 13.8. The highest BCUT2D eigenvalue weighted by Gasteiger charge is 2.41. The van der Waals surface area contributed by atoms with E-state index in [4.69, 9.17) is 29.2 Å². The minimum Gasteiger partial charge on any atom is -0.511 e. The number of unbranched alkanes of at least 4 members (excludes halogenated alkanes) is 18. The molecular formula is C63H88N4O6. The van der Waals surface area contributed by atoms with Crippen LogP contribution in [0.2, 0.25) is 0 Å². The number of hydrogen-bond donors (Lipinski definition) is 3. The molecule has 0 amide bonds. The molecule has 10 nitrogen and oxygen atoms in total. The molecule has 3 N–H and O–H groups in total. The summed E-state index contributed by atoms with van der Waals surface area (Å²) in [7, 11) is 0. The molecule has 2 atom stereocenters. The minimum atomic E-state index is -0.276. The van der Waals surface area contributed by atoms with Crippen LogP contribution in [0.3, 0.4) is 0 Å². The zero-order chi connectivity index (χ0) is 51.7. The summed E-state index contributed by atoms with van der Waals surface area (Å²) in [6, 6.07) is 5.97. The summed E-state index contributed by atoms with van der Waals surface area (Å²) in [5.41, 5.74) is 14.0. The van der Waals surface area contributed by atoms with E-state index in [0.29, 0.717) is 37.5 Å². The lowest BCUT2D eigenvalue weighted by atomic mass is 9.86. The van der Waals surface area contributed by atoms with Crippen LogP contribution in [0.1, 0.15) is 208 Å². The molecule has 7 rings (SSSR count). The Bertz CT molecular complexity index is 2460. The Balaban J connectivity index is 1.03. The molecule has 0 spiro atoms. The van der Waals surface area contributed by atoms with Gasteiger partial charge in [0.25, 0.3) is 0 Å². The van der Waals surface area contributed by atoms with Gasteiger partial charge in [-0.2, -0.15) is 0 Å². The molecule has 396 valence electrons. The second-order valence-corrected chi connectivity index (χ2v) is 21.3. The number of benzene rings is 1. The van der Waals surface area contributed by atoms with Crippen LogP contribution in [0.25, 0.3) is 0 Å². The third kappa shape index (κ3) is 14.6. The Morgan fingerprint density at radius 1 is 0.671 bits per heavy atom. The summed E-state index contributed by atoms with van der Waals surface area (Å²) in [6.45, 7) is 16.2. The van der Waals surface area contributed by atoms with Gasteiger partial charge in [0, 0.05) is 58.9 Å². The molecule has 1 fully saturated rings. The van der Waals surface area contributed by atoms with E-state index in [1.807, 2.05) is 44.2 Å². The van der Waals surface area contributed by atoms with E-state index >= 15 is 0 Å². The quantitative estimate of drug-likeness (QED) is 0.0498. The normalized spacial score (nSPS) is 19.2. The monoisotopic (exact) mass is 997 g/mol. The number of allylic oxidation sites excluding steroid dienone is 11. The van der Waals surface area contributed by atoms with E-state index in [0.717, 1.165) is 128 Å². The number of hydrogen-bond acceptors (Lipinski definition) is 10. The van der Waals surface area contributed by atoms with Gasteiger partial charge in [-0.15, -0.1) is 0 Å². The number of nitrogens with one attached hydrogen (secondary N) is 1. The van der Waals surface area contributed by atoms with E-state index < -0.39 is 0 Å². The van der Waals surface area contributed by atoms with Crippen LogP contribution in [0.4, 0.5) is 0 Å². The van der Waals surface area contributed by atoms with Crippen molar-refractivity contribution in [1.82, 2.24) is 5.32 Å². The van der Waals surface area contributed by atoms with Crippen molar-refractivity contribution in [3.8, 4) is 11.5 Å². The first-order valence-electron chi connectivity index (χ1n) is 28.7. The van der Waals surface area contributed by atoms with Gasteiger partial charge in [-0.1, -0.05) is 143 Å². The lowest BCUT2D eigenvalue weighted by Gasteiger charge is -2.18. The molecule has 5 aliphatic heterocycles. The molecule has 0 aromatic heterocycles. The molecular weight excluding hydrogens is 909 g/mol. The van der Waals surface area contributed by atoms with Crippen molar-refractivity contribution in [2.45, 2.75) is 209 Å². The van der Waals surface area contributed by atoms with Crippen molar-refractivity contribution in [2.75, 3.05) is 19.8 Å². The summed E-state index contributed by atoms with van der Waals surface area (Å²) in [4.78, 5) is 29.2. The average molecular weight is 997 g/mol. The molecule has 1 aromatic rings. The number of rotatable bonds is 31. The average Bonchev–Trinajstić information content (AvgIpc) is 4.14. The number of aliphatic hydroxyl groups excluding tert-OH is 2. The topological polar surface area (TPSA) is 134 Å². The molecule has 8 bridgehead atoms. The highest BCUT2D eigenvalue weighted by molar-refractivity contribution is 6.21. The van der Waals surface area contributed by atoms with Crippen molar-refractivity contribution in [3.63, 3.8) is 0 Å². The first-order chi connectivity index (χ1) is 35.5. The minimum absolute atomic E-state index is 0.0201. The van der Waals surface area contributed by atoms with Gasteiger partial charge in [-0.05, 0) is 105 Å². The SMILES string of the molecule is CCCCCCCCCCCCOc1cc(COC(=O)CC[C@@H]2C3=C4CC(O)=C5C4=NC(=C5C)C=C4N=C(C=C5N=C(C=C(N3)[C@H]2C)C(C)=C5CO)C(C)=C4CC)cc(OCCCCCCCCCCCC)c1. The summed E-state index contributed by atoms with van der Waals surface area (Å²) >= 11 is 0. The van der Waals surface area contributed by atoms with Gasteiger partial charge in [-0.25, -0.2) is 15.0 Å². The number of ether oxygens (including phenoxy) is 3. The molecule has 1 aromatic carbocycles. The van der Waals surface area contributed by atoms with Crippen LogP contribution in [0, 0.1) is 11.8 Å². The maximum atomic E-state index is 13.8. The number of carbonyl (C=O) groups excluding carboxylic acids is 1. The standard InChI is InChI=1S/C63H88N4O6/c1-8-11-13-15-17-19-21-23-25-27-31-71-47-33-46(34-48(35-47)72-32-28-26-24-22-20-18-16-14-12-9-2)41-73-60(70)30-29-50-43(5)55-37-53-44(6)52(40-68)58(65-53)38-54-42(4)49(10-3)57(64-54)39-56-45(7)61-59(69)36-51(62(50)66-55)63(61)67-56/h33-35,37-39,43,50,66,68-69H,8-32,36,40-41H2,1-7H3/t43-,50-/m0/s1. The first-order valence-corrected chi connectivity index (χ1v) is 28.7. The van der Waals surface area contributed by atoms with Crippen molar-refractivity contribution in [2.24, 2.45) is 26.8 Å². The van der Waals surface area contributed by atoms with Crippen LogP contribution in [-0.2, 0) is 16.1 Å². The van der Waals surface area contributed by atoms with Gasteiger partial charge >= 0.3 is 5.97 Å². The highest BCUT2D eigenvalue weighted by atomic mass is 16.5. The second-order valence-electron chi connectivity index (χ2n) is 21.3. The molecule has 73 heavy (non-hydrogen) atoms. The third-order valence-electron chi connectivity index (χ3n) is 15.9. The number of aliphatic hydroxyl groups is 2. The molecule has 0 unspecified atom stereocenters. The Kier molecular flexibility index (Phi) is 21.2. The largest absolute Gasteiger partial charge is 0.511 e. The van der Waals surface area contributed by atoms with Gasteiger partial charge in [0.15, 0.2) is 0 Å². The van der Waals surface area contributed by atoms with E-state index in [1.54, 1.807) is 0 Å². The molecule has 6 aliphatic rings. The third-order valence-corrected chi connectivity index (χ3v) is 15.9. The van der Waals surface area contributed by atoms with Gasteiger partial charge in [0.1, 0.15) is 23.9 Å². The molecule has 0 saturated carbocycles. The van der Waals surface area contributed by atoms with Crippen LogP contribution < -0.4 is 14.8 Å². The van der Waals surface area contributed by atoms with Crippen molar-refractivity contribution >= 4 is 23.1 Å². The predicted molar refractivity (Wildman–Crippen MR) is 299 cm³/mol. The smallest absolute Gasteiger partial charge is 0.306 e. The zero-order valence-corrected chi connectivity index (χ0v) is 45.8. The van der Waals surface area contributed by atoms with Gasteiger partial charge in [0.05, 0.1) is 54.0 Å². The van der Waals surface area contributed by atoms with Crippen LogP contribution in [0.15, 0.2) is 125 Å². The van der Waals surface area contributed by atoms with Crippen LogP contribution in [-0.4, -0.2) is 53.1 Å². The Morgan fingerprint density at radius 3 is 1.77 bits per heavy atom. The lowest BCUT2D eigenvalue weighted by molar-refractivity contribution is -0.145. The summed E-state index contributed by atoms with van der Waals surface area (Å²) in [5, 5.41) is 26.0. The molecule has 10 heteroatoms. The van der Waals surface area contributed by atoms with E-state index in [9.17, 15) is 15.0 Å². The maximum Gasteiger partial charge on any atom is 0.306 e. The molecule has 0 radical (unpaired) electrons. The summed E-state index contributed by atoms with van der Waals surface area (Å²) in [5.74, 6) is 1.42. The number of nitrogens with zero attached hydrogens (tertiary/aromatic N) is 3. The van der Waals surface area contributed by atoms with Gasteiger partial charge < -0.3 is 29.7 Å². The predicted octanol–water partition coefficient (Wildman–Crippen LogP) is 15.8. The second kappa shape index (κ2) is 27.9. The Labute approximate surface area is 438 Å². The van der Waals surface area contributed by atoms with Crippen molar-refractivity contribution < 1.29 is 29.2 Å². The highest BCUT2D eigenvalue weighted by Crippen LogP contribution is 2.46. The van der Waals surface area contributed by atoms with E-state index in [1.165, 1.54) is 103 Å². The number of carbonyl (C=O) groups is 1. The number of fused-ring (bicyclic) bond motifs is 5. The molecule has 5 heterocycles. The first kappa shape index (κ1) is 55.5. The fraction of sp³-hybridized carbons (Fsp3) is 0.587. The van der Waals surface area contributed by atoms with Crippen LogP contribution in [0.5, 0.6) is 11.5 Å². The molecule has 1 aliphatic carbocycles. The number of aliphatic imine (C=N–C) groups is 3.